The second-order valence-corrected chi connectivity index (χ2v) is 12.9. The number of ether oxygens (including phenoxy) is 2. The molecule has 1 aliphatic heterocycles. The molecule has 1 aliphatic carbocycles. The van der Waals surface area contributed by atoms with Gasteiger partial charge in [-0.3, -0.25) is 4.79 Å². The standard InChI is InChI=1S/C30H31F2NO6S/c1-17(2)23-13-20(19-7-12-26-27(15-19)39-30(31,32)38-26)14-24(18-5-6-18)25(23)16-28(34)33-40(36,37)22-10-8-21(9-11-22)29(3,4)35/h7-15,17-18,35H,5-6,16H2,1-4H3,(H,33,34). The van der Waals surface area contributed by atoms with E-state index in [-0.39, 0.29) is 34.7 Å². The van der Waals surface area contributed by atoms with Crippen molar-refractivity contribution in [3.05, 3.63) is 76.9 Å². The predicted octanol–water partition coefficient (Wildman–Crippen LogP) is 5.95. The molecule has 1 amide bonds. The molecule has 1 fully saturated rings. The molecule has 7 nitrogen and oxygen atoms in total. The van der Waals surface area contributed by atoms with E-state index in [1.54, 1.807) is 19.9 Å². The molecule has 0 bridgehead atoms. The molecule has 0 atom stereocenters. The van der Waals surface area contributed by atoms with Crippen molar-refractivity contribution >= 4 is 15.9 Å². The first-order valence-electron chi connectivity index (χ1n) is 13.1. The van der Waals surface area contributed by atoms with Gasteiger partial charge in [0.2, 0.25) is 5.91 Å². The smallest absolute Gasteiger partial charge is 0.395 e. The number of hydrogen-bond donors (Lipinski definition) is 2. The molecule has 0 unspecified atom stereocenters. The van der Waals surface area contributed by atoms with Crippen molar-refractivity contribution in [2.75, 3.05) is 0 Å². The fourth-order valence-electron chi connectivity index (χ4n) is 4.94. The Morgan fingerprint density at radius 1 is 1.02 bits per heavy atom. The SMILES string of the molecule is CC(C)c1cc(-c2ccc3c(c2)OC(F)(F)O3)cc(C2CC2)c1CC(=O)NS(=O)(=O)c1ccc(C(C)(C)O)cc1. The summed E-state index contributed by atoms with van der Waals surface area (Å²) < 4.78 is 64.3. The fraction of sp³-hybridized carbons (Fsp3) is 0.367. The van der Waals surface area contributed by atoms with E-state index in [0.717, 1.165) is 35.1 Å². The molecule has 0 spiro atoms. The largest absolute Gasteiger partial charge is 0.586 e. The lowest BCUT2D eigenvalue weighted by Gasteiger charge is -2.20. The Morgan fingerprint density at radius 3 is 2.27 bits per heavy atom. The summed E-state index contributed by atoms with van der Waals surface area (Å²) in [5.41, 5.74) is 3.47. The summed E-state index contributed by atoms with van der Waals surface area (Å²) in [4.78, 5) is 13.0. The van der Waals surface area contributed by atoms with Crippen LogP contribution < -0.4 is 14.2 Å². The number of sulfonamides is 1. The molecule has 212 valence electrons. The molecular formula is C30H31F2NO6S. The van der Waals surface area contributed by atoms with Crippen molar-refractivity contribution in [2.24, 2.45) is 0 Å². The maximum atomic E-state index is 13.5. The molecule has 3 aromatic rings. The van der Waals surface area contributed by atoms with Crippen molar-refractivity contribution in [2.45, 2.75) is 75.6 Å². The highest BCUT2D eigenvalue weighted by Gasteiger charge is 2.43. The van der Waals surface area contributed by atoms with Gasteiger partial charge in [-0.1, -0.05) is 44.2 Å². The minimum absolute atomic E-state index is 0.00424. The summed E-state index contributed by atoms with van der Waals surface area (Å²) in [7, 11) is -4.13. The van der Waals surface area contributed by atoms with Crippen LogP contribution in [0.1, 0.15) is 74.6 Å². The van der Waals surface area contributed by atoms with Crippen LogP contribution in [0.25, 0.3) is 11.1 Å². The molecule has 2 N–H and O–H groups in total. The number of rotatable bonds is 8. The number of nitrogens with one attached hydrogen (secondary N) is 1. The van der Waals surface area contributed by atoms with Gasteiger partial charge >= 0.3 is 6.29 Å². The van der Waals surface area contributed by atoms with Gasteiger partial charge in [-0.2, -0.15) is 0 Å². The normalized spacial score (nSPS) is 16.3. The monoisotopic (exact) mass is 571 g/mol. The molecule has 40 heavy (non-hydrogen) atoms. The van der Waals surface area contributed by atoms with E-state index in [2.05, 4.69) is 14.2 Å². The van der Waals surface area contributed by atoms with Crippen LogP contribution in [0, 0.1) is 0 Å². The van der Waals surface area contributed by atoms with E-state index in [1.807, 2.05) is 26.0 Å². The fourth-order valence-corrected chi connectivity index (χ4v) is 5.92. The zero-order chi connectivity index (χ0) is 29.0. The second-order valence-electron chi connectivity index (χ2n) is 11.2. The zero-order valence-electron chi connectivity index (χ0n) is 22.6. The Balaban J connectivity index is 1.44. The number of amides is 1. The van der Waals surface area contributed by atoms with Crippen LogP contribution in [-0.2, 0) is 26.8 Å². The molecule has 2 aliphatic rings. The highest BCUT2D eigenvalue weighted by atomic mass is 32.2. The van der Waals surface area contributed by atoms with Crippen LogP contribution in [0.2, 0.25) is 0 Å². The van der Waals surface area contributed by atoms with Crippen molar-refractivity contribution in [1.29, 1.82) is 0 Å². The van der Waals surface area contributed by atoms with Gasteiger partial charge in [0.05, 0.1) is 16.9 Å². The number of fused-ring (bicyclic) bond motifs is 1. The molecule has 1 heterocycles. The Labute approximate surface area is 232 Å². The van der Waals surface area contributed by atoms with Crippen LogP contribution in [-0.4, -0.2) is 25.7 Å². The summed E-state index contributed by atoms with van der Waals surface area (Å²) >= 11 is 0. The first-order valence-corrected chi connectivity index (χ1v) is 14.6. The van der Waals surface area contributed by atoms with Gasteiger partial charge in [-0.25, -0.2) is 13.1 Å². The van der Waals surface area contributed by atoms with E-state index in [9.17, 15) is 27.1 Å². The second kappa shape index (κ2) is 9.85. The molecule has 3 aromatic carbocycles. The highest BCUT2D eigenvalue weighted by Crippen LogP contribution is 2.47. The molecule has 0 saturated heterocycles. The third-order valence-electron chi connectivity index (χ3n) is 7.15. The minimum Gasteiger partial charge on any atom is -0.395 e. The molecule has 0 radical (unpaired) electrons. The van der Waals surface area contributed by atoms with Gasteiger partial charge in [0.25, 0.3) is 10.0 Å². The quantitative estimate of drug-likeness (QED) is 0.347. The maximum Gasteiger partial charge on any atom is 0.586 e. The van der Waals surface area contributed by atoms with E-state index < -0.39 is 27.8 Å². The van der Waals surface area contributed by atoms with Gasteiger partial charge in [0.15, 0.2) is 11.5 Å². The average molecular weight is 572 g/mol. The van der Waals surface area contributed by atoms with Crippen LogP contribution in [0.4, 0.5) is 8.78 Å². The number of alkyl halides is 2. The van der Waals surface area contributed by atoms with Crippen LogP contribution in [0.3, 0.4) is 0 Å². The van der Waals surface area contributed by atoms with Crippen LogP contribution in [0.5, 0.6) is 11.5 Å². The zero-order valence-corrected chi connectivity index (χ0v) is 23.4. The summed E-state index contributed by atoms with van der Waals surface area (Å²) in [6.07, 6.45) is -1.96. The molecule has 0 aromatic heterocycles. The Hall–Kier alpha value is -3.50. The van der Waals surface area contributed by atoms with E-state index >= 15 is 0 Å². The molecular weight excluding hydrogens is 540 g/mol. The summed E-state index contributed by atoms with van der Waals surface area (Å²) in [6, 6.07) is 14.2. The van der Waals surface area contributed by atoms with Crippen molar-refractivity contribution < 1.29 is 36.6 Å². The summed E-state index contributed by atoms with van der Waals surface area (Å²) in [5, 5.41) is 10.1. The lowest BCUT2D eigenvalue weighted by atomic mass is 9.86. The van der Waals surface area contributed by atoms with Gasteiger partial charge in [0.1, 0.15) is 0 Å². The van der Waals surface area contributed by atoms with Gasteiger partial charge in [-0.15, -0.1) is 8.78 Å². The highest BCUT2D eigenvalue weighted by molar-refractivity contribution is 7.90. The maximum absolute atomic E-state index is 13.5. The number of hydrogen-bond acceptors (Lipinski definition) is 6. The molecule has 10 heteroatoms. The summed E-state index contributed by atoms with van der Waals surface area (Å²) in [5.74, 6) is -0.516. The first kappa shape index (κ1) is 28.0. The van der Waals surface area contributed by atoms with Crippen LogP contribution >= 0.6 is 0 Å². The average Bonchev–Trinajstić information content (AvgIpc) is 3.64. The van der Waals surface area contributed by atoms with E-state index in [0.29, 0.717) is 11.1 Å². The van der Waals surface area contributed by atoms with Crippen molar-refractivity contribution in [1.82, 2.24) is 4.72 Å². The summed E-state index contributed by atoms with van der Waals surface area (Å²) in [6.45, 7) is 7.16. The van der Waals surface area contributed by atoms with Crippen molar-refractivity contribution in [3.63, 3.8) is 0 Å². The topological polar surface area (TPSA) is 102 Å². The van der Waals surface area contributed by atoms with Crippen molar-refractivity contribution in [3.8, 4) is 22.6 Å². The predicted molar refractivity (Wildman–Crippen MR) is 145 cm³/mol. The molecule has 5 rings (SSSR count). The molecule has 1 saturated carbocycles. The van der Waals surface area contributed by atoms with Gasteiger partial charge in [0, 0.05) is 0 Å². The third-order valence-corrected chi connectivity index (χ3v) is 8.54. The van der Waals surface area contributed by atoms with Gasteiger partial charge in [-0.05, 0) is 96.2 Å². The first-order chi connectivity index (χ1) is 18.6. The number of aliphatic hydroxyl groups is 1. The Morgan fingerprint density at radius 2 is 1.68 bits per heavy atom. The van der Waals surface area contributed by atoms with Gasteiger partial charge < -0.3 is 14.6 Å². The van der Waals surface area contributed by atoms with E-state index in [1.165, 1.54) is 36.4 Å². The van der Waals surface area contributed by atoms with Crippen LogP contribution in [0.15, 0.2) is 59.5 Å². The third kappa shape index (κ3) is 5.83. The van der Waals surface area contributed by atoms with E-state index in [4.69, 9.17) is 0 Å². The Kier molecular flexibility index (Phi) is 6.90. The Bertz CT molecular complexity index is 1550. The number of benzene rings is 3. The minimum atomic E-state index is -4.13. The number of carbonyl (C=O) groups is 1. The number of halogens is 2. The lowest BCUT2D eigenvalue weighted by molar-refractivity contribution is -0.286. The number of carbonyl (C=O) groups excluding carboxylic acids is 1. The lowest BCUT2D eigenvalue weighted by Crippen LogP contribution is -2.32.